The molecule has 0 aliphatic carbocycles. The topological polar surface area (TPSA) is 48.0 Å². The molecule has 0 radical (unpaired) electrons. The number of benzene rings is 2. The van der Waals surface area contributed by atoms with Gasteiger partial charge in [-0.05, 0) is 43.7 Å². The summed E-state index contributed by atoms with van der Waals surface area (Å²) in [5, 5.41) is 0. The van der Waals surface area contributed by atoms with Gasteiger partial charge in [-0.2, -0.15) is 0 Å². The number of ether oxygens (including phenoxy) is 3. The molecule has 0 saturated heterocycles. The molecule has 2 unspecified atom stereocenters. The average Bonchev–Trinajstić information content (AvgIpc) is 2.68. The molecule has 5 nitrogen and oxygen atoms in total. The van der Waals surface area contributed by atoms with E-state index in [0.29, 0.717) is 18.0 Å². The van der Waals surface area contributed by atoms with Gasteiger partial charge in [0.1, 0.15) is 12.4 Å². The van der Waals surface area contributed by atoms with Crippen molar-refractivity contribution in [2.24, 2.45) is 0 Å². The number of carbonyl (C=O) groups is 1. The summed E-state index contributed by atoms with van der Waals surface area (Å²) in [5.41, 5.74) is 1.02. The predicted octanol–water partition coefficient (Wildman–Crippen LogP) is 3.44. The van der Waals surface area contributed by atoms with Gasteiger partial charge in [-0.1, -0.05) is 24.3 Å². The van der Waals surface area contributed by atoms with Gasteiger partial charge in [-0.3, -0.25) is 4.79 Å². The Kier molecular flexibility index (Phi) is 5.12. The first-order chi connectivity index (χ1) is 12.1. The fourth-order valence-electron chi connectivity index (χ4n) is 3.03. The summed E-state index contributed by atoms with van der Waals surface area (Å²) < 4.78 is 16.8. The highest BCUT2D eigenvalue weighted by Crippen LogP contribution is 2.32. The lowest BCUT2D eigenvalue weighted by molar-refractivity contribution is -0.143. The molecule has 3 rings (SSSR count). The molecule has 0 aromatic heterocycles. The van der Waals surface area contributed by atoms with Gasteiger partial charge in [0, 0.05) is 6.54 Å². The fourth-order valence-corrected chi connectivity index (χ4v) is 3.03. The lowest BCUT2D eigenvalue weighted by atomic mass is 10.1. The van der Waals surface area contributed by atoms with E-state index in [1.54, 1.807) is 12.0 Å². The van der Waals surface area contributed by atoms with Crippen molar-refractivity contribution in [3.05, 3.63) is 54.1 Å². The molecule has 1 aliphatic heterocycles. The van der Waals surface area contributed by atoms with Crippen LogP contribution in [0.15, 0.2) is 48.5 Å². The number of hydrogen-bond donors (Lipinski definition) is 0. The summed E-state index contributed by atoms with van der Waals surface area (Å²) in [7, 11) is 1.64. The molecular formula is C20H23NO4. The highest BCUT2D eigenvalue weighted by molar-refractivity contribution is 5.82. The number of fused-ring (bicyclic) bond motifs is 1. The molecule has 132 valence electrons. The van der Waals surface area contributed by atoms with Gasteiger partial charge in [-0.15, -0.1) is 0 Å². The largest absolute Gasteiger partial charge is 0.497 e. The van der Waals surface area contributed by atoms with E-state index in [2.05, 4.69) is 0 Å². The molecule has 2 aromatic rings. The first kappa shape index (κ1) is 17.1. The summed E-state index contributed by atoms with van der Waals surface area (Å²) in [6.07, 6.45) is -0.636. The predicted molar refractivity (Wildman–Crippen MR) is 95.1 cm³/mol. The van der Waals surface area contributed by atoms with Crippen molar-refractivity contribution < 1.29 is 19.0 Å². The van der Waals surface area contributed by atoms with E-state index >= 15 is 0 Å². The van der Waals surface area contributed by atoms with Crippen LogP contribution in [0.25, 0.3) is 0 Å². The van der Waals surface area contributed by atoms with Gasteiger partial charge in [0.25, 0.3) is 5.91 Å². The van der Waals surface area contributed by atoms with E-state index in [-0.39, 0.29) is 18.6 Å². The Morgan fingerprint density at radius 1 is 1.24 bits per heavy atom. The molecule has 1 amide bonds. The van der Waals surface area contributed by atoms with Crippen LogP contribution < -0.4 is 14.2 Å². The van der Waals surface area contributed by atoms with E-state index in [9.17, 15) is 4.79 Å². The Bertz CT molecular complexity index is 746. The van der Waals surface area contributed by atoms with Crippen molar-refractivity contribution in [1.82, 2.24) is 4.90 Å². The number of methoxy groups -OCH3 is 1. The molecule has 0 spiro atoms. The number of carbonyl (C=O) groups excluding carboxylic acids is 1. The van der Waals surface area contributed by atoms with Crippen LogP contribution in [0.2, 0.25) is 0 Å². The van der Waals surface area contributed by atoms with Crippen LogP contribution in [0, 0.1) is 0 Å². The molecule has 1 heterocycles. The highest BCUT2D eigenvalue weighted by atomic mass is 16.6. The van der Waals surface area contributed by atoms with Crippen LogP contribution in [0.3, 0.4) is 0 Å². The number of hydrogen-bond acceptors (Lipinski definition) is 4. The standard InChI is InChI=1S/C20H23NO4/c1-4-21(14(2)15-8-7-9-16(12-15)23-3)20(22)19-13-24-17-10-5-6-11-18(17)25-19/h5-12,14,19H,4,13H2,1-3H3. The molecule has 0 N–H and O–H groups in total. The second kappa shape index (κ2) is 7.47. The molecule has 2 atom stereocenters. The summed E-state index contributed by atoms with van der Waals surface area (Å²) in [6.45, 7) is 4.77. The Morgan fingerprint density at radius 2 is 2.00 bits per heavy atom. The fraction of sp³-hybridized carbons (Fsp3) is 0.350. The molecule has 5 heteroatoms. The minimum atomic E-state index is -0.636. The third kappa shape index (κ3) is 3.55. The first-order valence-electron chi connectivity index (χ1n) is 8.47. The third-order valence-corrected chi connectivity index (χ3v) is 4.45. The van der Waals surface area contributed by atoms with E-state index in [0.717, 1.165) is 11.3 Å². The second-order valence-corrected chi connectivity index (χ2v) is 5.94. The zero-order valence-electron chi connectivity index (χ0n) is 14.8. The molecule has 0 saturated carbocycles. The monoisotopic (exact) mass is 341 g/mol. The maximum atomic E-state index is 13.0. The van der Waals surface area contributed by atoms with Crippen molar-refractivity contribution in [3.8, 4) is 17.2 Å². The van der Waals surface area contributed by atoms with E-state index < -0.39 is 6.10 Å². The molecule has 2 aromatic carbocycles. The first-order valence-corrected chi connectivity index (χ1v) is 8.47. The number of amides is 1. The Balaban J connectivity index is 1.77. The van der Waals surface area contributed by atoms with Crippen LogP contribution in [-0.4, -0.2) is 37.2 Å². The molecule has 0 bridgehead atoms. The summed E-state index contributed by atoms with van der Waals surface area (Å²) in [5.74, 6) is 1.99. The number of nitrogens with zero attached hydrogens (tertiary/aromatic N) is 1. The van der Waals surface area contributed by atoms with E-state index in [1.807, 2.05) is 62.4 Å². The summed E-state index contributed by atoms with van der Waals surface area (Å²) >= 11 is 0. The van der Waals surface area contributed by atoms with Gasteiger partial charge >= 0.3 is 0 Å². The highest BCUT2D eigenvalue weighted by Gasteiger charge is 2.32. The van der Waals surface area contributed by atoms with E-state index in [4.69, 9.17) is 14.2 Å². The Labute approximate surface area is 148 Å². The second-order valence-electron chi connectivity index (χ2n) is 5.94. The molecule has 0 fully saturated rings. The van der Waals surface area contributed by atoms with Crippen LogP contribution in [0.1, 0.15) is 25.5 Å². The third-order valence-electron chi connectivity index (χ3n) is 4.45. The van der Waals surface area contributed by atoms with Crippen molar-refractivity contribution in [2.45, 2.75) is 26.0 Å². The minimum absolute atomic E-state index is 0.0766. The SMILES string of the molecule is CCN(C(=O)C1COc2ccccc2O1)C(C)c1cccc(OC)c1. The van der Waals surface area contributed by atoms with Crippen molar-refractivity contribution in [1.29, 1.82) is 0 Å². The van der Waals surface area contributed by atoms with Gasteiger partial charge in [0.15, 0.2) is 11.5 Å². The van der Waals surface area contributed by atoms with Crippen molar-refractivity contribution in [2.75, 3.05) is 20.3 Å². The maximum absolute atomic E-state index is 13.0. The Hall–Kier alpha value is -2.69. The number of para-hydroxylation sites is 2. The van der Waals surface area contributed by atoms with Crippen molar-refractivity contribution in [3.63, 3.8) is 0 Å². The van der Waals surface area contributed by atoms with Crippen LogP contribution in [-0.2, 0) is 4.79 Å². The van der Waals surface area contributed by atoms with Crippen LogP contribution in [0.5, 0.6) is 17.2 Å². The quantitative estimate of drug-likeness (QED) is 0.836. The molecule has 1 aliphatic rings. The van der Waals surface area contributed by atoms with Gasteiger partial charge < -0.3 is 19.1 Å². The van der Waals surface area contributed by atoms with Gasteiger partial charge in [-0.25, -0.2) is 0 Å². The maximum Gasteiger partial charge on any atom is 0.267 e. The molecular weight excluding hydrogens is 318 g/mol. The van der Waals surface area contributed by atoms with Gasteiger partial charge in [0.05, 0.1) is 13.2 Å². The van der Waals surface area contributed by atoms with Crippen LogP contribution >= 0.6 is 0 Å². The number of likely N-dealkylation sites (N-methyl/N-ethyl adjacent to an activating group) is 1. The lowest BCUT2D eigenvalue weighted by Gasteiger charge is -2.33. The zero-order chi connectivity index (χ0) is 17.8. The minimum Gasteiger partial charge on any atom is -0.497 e. The van der Waals surface area contributed by atoms with Crippen LogP contribution in [0.4, 0.5) is 0 Å². The zero-order valence-corrected chi connectivity index (χ0v) is 14.8. The normalized spacial score (nSPS) is 16.8. The summed E-state index contributed by atoms with van der Waals surface area (Å²) in [4.78, 5) is 14.8. The lowest BCUT2D eigenvalue weighted by Crippen LogP contribution is -2.47. The van der Waals surface area contributed by atoms with Crippen molar-refractivity contribution >= 4 is 5.91 Å². The Morgan fingerprint density at radius 3 is 2.72 bits per heavy atom. The van der Waals surface area contributed by atoms with E-state index in [1.165, 1.54) is 0 Å². The summed E-state index contributed by atoms with van der Waals surface area (Å²) in [6, 6.07) is 15.1. The average molecular weight is 341 g/mol. The molecule has 25 heavy (non-hydrogen) atoms. The smallest absolute Gasteiger partial charge is 0.267 e. The number of rotatable bonds is 5. The van der Waals surface area contributed by atoms with Gasteiger partial charge in [0.2, 0.25) is 6.10 Å².